The molecule has 38 heavy (non-hydrogen) atoms. The molecule has 1 aromatic heterocycles. The Morgan fingerprint density at radius 2 is 1.61 bits per heavy atom. The summed E-state index contributed by atoms with van der Waals surface area (Å²) in [6, 6.07) is 24.0. The Balaban J connectivity index is 1.53. The molecule has 6 nitrogen and oxygen atoms in total. The Hall–Kier alpha value is -3.48. The van der Waals surface area contributed by atoms with Crippen LogP contribution >= 0.6 is 23.2 Å². The molecule has 1 atom stereocenters. The van der Waals surface area contributed by atoms with Gasteiger partial charge in [-0.3, -0.25) is 9.59 Å². The fraction of sp³-hybridized carbons (Fsp3) is 0.267. The van der Waals surface area contributed by atoms with Crippen LogP contribution in [0.25, 0.3) is 10.9 Å². The monoisotopic (exact) mass is 546 g/mol. The number of benzene rings is 3. The van der Waals surface area contributed by atoms with Gasteiger partial charge < -0.3 is 19.7 Å². The topological polar surface area (TPSA) is 57.6 Å². The van der Waals surface area contributed by atoms with E-state index in [1.807, 2.05) is 53.4 Å². The SMILES string of the molecule is CC(=O)N1CCN(C(=O)c2cc3ccccc3n2C2(Cc3cccc(Cl)c3)CNc3cc(Cl)ccc32)CC1. The summed E-state index contributed by atoms with van der Waals surface area (Å²) in [5.41, 5.74) is 4.15. The number of fused-ring (bicyclic) bond motifs is 2. The van der Waals surface area contributed by atoms with Crippen LogP contribution < -0.4 is 5.32 Å². The van der Waals surface area contributed by atoms with E-state index in [9.17, 15) is 9.59 Å². The van der Waals surface area contributed by atoms with E-state index in [2.05, 4.69) is 34.1 Å². The highest BCUT2D eigenvalue weighted by molar-refractivity contribution is 6.31. The second-order valence-corrected chi connectivity index (χ2v) is 11.0. The zero-order valence-corrected chi connectivity index (χ0v) is 22.6. The smallest absolute Gasteiger partial charge is 0.270 e. The van der Waals surface area contributed by atoms with Gasteiger partial charge in [0.25, 0.3) is 5.91 Å². The van der Waals surface area contributed by atoms with Gasteiger partial charge in [-0.2, -0.15) is 0 Å². The van der Waals surface area contributed by atoms with E-state index in [4.69, 9.17) is 23.2 Å². The van der Waals surface area contributed by atoms with Crippen molar-refractivity contribution in [1.82, 2.24) is 14.4 Å². The maximum Gasteiger partial charge on any atom is 0.270 e. The molecule has 2 aliphatic rings. The number of piperazine rings is 1. The Labute approximate surface area is 231 Å². The van der Waals surface area contributed by atoms with Crippen LogP contribution in [0.3, 0.4) is 0 Å². The first-order valence-corrected chi connectivity index (χ1v) is 13.6. The van der Waals surface area contributed by atoms with Gasteiger partial charge in [0.05, 0.1) is 5.54 Å². The lowest BCUT2D eigenvalue weighted by molar-refractivity contribution is -0.130. The number of hydrogen-bond acceptors (Lipinski definition) is 3. The number of nitrogens with one attached hydrogen (secondary N) is 1. The largest absolute Gasteiger partial charge is 0.382 e. The van der Waals surface area contributed by atoms with Crippen molar-refractivity contribution >= 4 is 51.6 Å². The summed E-state index contributed by atoms with van der Waals surface area (Å²) >= 11 is 12.8. The number of anilines is 1. The minimum absolute atomic E-state index is 0.0303. The Morgan fingerprint density at radius 3 is 2.37 bits per heavy atom. The molecule has 1 fully saturated rings. The van der Waals surface area contributed by atoms with Gasteiger partial charge in [-0.05, 0) is 42.0 Å². The van der Waals surface area contributed by atoms with Crippen molar-refractivity contribution in [3.8, 4) is 0 Å². The van der Waals surface area contributed by atoms with Gasteiger partial charge in [0.15, 0.2) is 0 Å². The number of nitrogens with zero attached hydrogens (tertiary/aromatic N) is 3. The maximum atomic E-state index is 14.2. The predicted molar refractivity (Wildman–Crippen MR) is 152 cm³/mol. The molecule has 4 aromatic rings. The molecule has 0 bridgehead atoms. The van der Waals surface area contributed by atoms with Crippen molar-refractivity contribution in [2.75, 3.05) is 38.0 Å². The van der Waals surface area contributed by atoms with Crippen molar-refractivity contribution in [3.05, 3.63) is 99.7 Å². The van der Waals surface area contributed by atoms with E-state index in [-0.39, 0.29) is 11.8 Å². The van der Waals surface area contributed by atoms with Crippen LogP contribution in [0.1, 0.15) is 28.5 Å². The lowest BCUT2D eigenvalue weighted by Crippen LogP contribution is -2.51. The number of rotatable bonds is 4. The zero-order valence-electron chi connectivity index (χ0n) is 21.1. The third kappa shape index (κ3) is 4.22. The molecule has 2 aliphatic heterocycles. The van der Waals surface area contributed by atoms with Crippen LogP contribution in [-0.2, 0) is 16.8 Å². The molecule has 3 aromatic carbocycles. The lowest BCUT2D eigenvalue weighted by atomic mass is 9.84. The number of carbonyl (C=O) groups is 2. The number of amides is 2. The molecule has 0 spiro atoms. The highest BCUT2D eigenvalue weighted by atomic mass is 35.5. The summed E-state index contributed by atoms with van der Waals surface area (Å²) in [6.45, 7) is 4.26. The van der Waals surface area contributed by atoms with Gasteiger partial charge in [0, 0.05) is 78.3 Å². The molecule has 1 N–H and O–H groups in total. The second-order valence-electron chi connectivity index (χ2n) is 10.1. The van der Waals surface area contributed by atoms with Crippen molar-refractivity contribution < 1.29 is 9.59 Å². The normalized spacial score (nSPS) is 18.9. The number of hydrogen-bond donors (Lipinski definition) is 1. The fourth-order valence-electron chi connectivity index (χ4n) is 5.99. The molecule has 2 amide bonds. The molecule has 0 aliphatic carbocycles. The third-order valence-corrected chi connectivity index (χ3v) is 8.28. The van der Waals surface area contributed by atoms with Crippen LogP contribution in [-0.4, -0.2) is 58.9 Å². The minimum atomic E-state index is -0.597. The third-order valence-electron chi connectivity index (χ3n) is 7.81. The summed E-state index contributed by atoms with van der Waals surface area (Å²) in [6.07, 6.45) is 0.631. The molecule has 194 valence electrons. The molecular formula is C30H28Cl2N4O2. The van der Waals surface area contributed by atoms with Crippen molar-refractivity contribution in [2.45, 2.75) is 18.9 Å². The molecule has 0 saturated carbocycles. The number of halogens is 2. The Bertz CT molecular complexity index is 1560. The van der Waals surface area contributed by atoms with E-state index in [1.54, 1.807) is 11.8 Å². The Morgan fingerprint density at radius 1 is 0.868 bits per heavy atom. The van der Waals surface area contributed by atoms with Gasteiger partial charge >= 0.3 is 0 Å². The Kier molecular flexibility index (Phi) is 6.33. The second kappa shape index (κ2) is 9.68. The maximum absolute atomic E-state index is 14.2. The van der Waals surface area contributed by atoms with Crippen molar-refractivity contribution in [1.29, 1.82) is 0 Å². The lowest BCUT2D eigenvalue weighted by Gasteiger charge is -2.37. The van der Waals surface area contributed by atoms with Gasteiger partial charge in [-0.25, -0.2) is 0 Å². The van der Waals surface area contributed by atoms with Gasteiger partial charge in [-0.1, -0.05) is 59.6 Å². The first-order valence-electron chi connectivity index (χ1n) is 12.8. The molecule has 3 heterocycles. The summed E-state index contributed by atoms with van der Waals surface area (Å²) in [5, 5.41) is 5.92. The zero-order chi connectivity index (χ0) is 26.4. The molecule has 0 radical (unpaired) electrons. The van der Waals surface area contributed by atoms with Crippen LogP contribution in [0.4, 0.5) is 5.69 Å². The summed E-state index contributed by atoms with van der Waals surface area (Å²) in [4.78, 5) is 29.7. The van der Waals surface area contributed by atoms with Gasteiger partial charge in [0.2, 0.25) is 5.91 Å². The number of aromatic nitrogens is 1. The van der Waals surface area contributed by atoms with Crippen LogP contribution in [0.15, 0.2) is 72.8 Å². The molecule has 1 saturated heterocycles. The van der Waals surface area contributed by atoms with Crippen LogP contribution in [0.2, 0.25) is 10.0 Å². The standard InChI is InChI=1S/C30H28Cl2N4O2/c1-20(37)34-11-13-35(14-12-34)29(38)28-16-22-6-2-3-8-27(22)36(28)30(18-21-5-4-7-23(31)15-21)19-33-26-17-24(32)9-10-25(26)30/h2-10,15-17,33H,11-14,18-19H2,1H3. The summed E-state index contributed by atoms with van der Waals surface area (Å²) < 4.78 is 2.22. The highest BCUT2D eigenvalue weighted by Crippen LogP contribution is 2.45. The number of carbonyl (C=O) groups excluding carboxylic acids is 2. The van der Waals surface area contributed by atoms with Crippen molar-refractivity contribution in [2.24, 2.45) is 0 Å². The summed E-state index contributed by atoms with van der Waals surface area (Å²) in [7, 11) is 0. The quantitative estimate of drug-likeness (QED) is 0.359. The molecule has 8 heteroatoms. The van der Waals surface area contributed by atoms with Gasteiger partial charge in [0.1, 0.15) is 5.69 Å². The van der Waals surface area contributed by atoms with Gasteiger partial charge in [-0.15, -0.1) is 0 Å². The van der Waals surface area contributed by atoms with E-state index in [0.717, 1.165) is 27.7 Å². The summed E-state index contributed by atoms with van der Waals surface area (Å²) in [5.74, 6) is 0.0104. The van der Waals surface area contributed by atoms with Crippen LogP contribution in [0, 0.1) is 0 Å². The average molecular weight is 547 g/mol. The highest BCUT2D eigenvalue weighted by Gasteiger charge is 2.44. The van der Waals surface area contributed by atoms with Crippen LogP contribution in [0.5, 0.6) is 0 Å². The van der Waals surface area contributed by atoms with E-state index < -0.39 is 5.54 Å². The van der Waals surface area contributed by atoms with E-state index >= 15 is 0 Å². The first-order chi connectivity index (χ1) is 18.4. The first kappa shape index (κ1) is 24.8. The molecule has 6 rings (SSSR count). The molecular weight excluding hydrogens is 519 g/mol. The fourth-order valence-corrected chi connectivity index (χ4v) is 6.37. The number of para-hydroxylation sites is 1. The minimum Gasteiger partial charge on any atom is -0.382 e. The van der Waals surface area contributed by atoms with E-state index in [0.29, 0.717) is 54.9 Å². The predicted octanol–water partition coefficient (Wildman–Crippen LogP) is 5.66. The average Bonchev–Trinajstić information content (AvgIpc) is 3.47. The molecule has 1 unspecified atom stereocenters. The van der Waals surface area contributed by atoms with Crippen molar-refractivity contribution in [3.63, 3.8) is 0 Å². The van der Waals surface area contributed by atoms with E-state index in [1.165, 1.54) is 0 Å².